The first kappa shape index (κ1) is 22.9. The van der Waals surface area contributed by atoms with Gasteiger partial charge in [-0.2, -0.15) is 0 Å². The summed E-state index contributed by atoms with van der Waals surface area (Å²) in [6, 6.07) is 6.38. The maximum absolute atomic E-state index is 15.3. The third-order valence-electron chi connectivity index (χ3n) is 6.14. The van der Waals surface area contributed by atoms with Crippen molar-refractivity contribution in [2.45, 2.75) is 12.5 Å². The second kappa shape index (κ2) is 8.70. The largest absolute Gasteiger partial charge is 0.494 e. The van der Waals surface area contributed by atoms with Crippen molar-refractivity contribution in [2.24, 2.45) is 0 Å². The smallest absolute Gasteiger partial charge is 0.177 e. The minimum Gasteiger partial charge on any atom is -0.494 e. The number of pyridine rings is 2. The molecule has 8 nitrogen and oxygen atoms in total. The standard InChI is InChI=1S/C25H23F2N5O3/c1-25(35-4)12-32(13-25)24-22-15(11-29-23(31-22)14-6-5-7-28-10-14)8-16(30-24)19-20(26)17(33-2)9-18(34-3)21(19)27/h5-11H,12-13H2,1-4H3. The van der Waals surface area contributed by atoms with E-state index in [1.54, 1.807) is 37.8 Å². The highest BCUT2D eigenvalue weighted by Gasteiger charge is 2.41. The van der Waals surface area contributed by atoms with Crippen LogP contribution < -0.4 is 14.4 Å². The summed E-state index contributed by atoms with van der Waals surface area (Å²) >= 11 is 0. The Morgan fingerprint density at radius 1 is 0.971 bits per heavy atom. The van der Waals surface area contributed by atoms with Crippen molar-refractivity contribution in [1.29, 1.82) is 0 Å². The maximum atomic E-state index is 15.3. The summed E-state index contributed by atoms with van der Waals surface area (Å²) in [5.41, 5.74) is 0.652. The van der Waals surface area contributed by atoms with Crippen LogP contribution in [0.15, 0.2) is 42.9 Å². The first-order valence-electron chi connectivity index (χ1n) is 10.9. The van der Waals surface area contributed by atoms with Crippen LogP contribution in [0.2, 0.25) is 0 Å². The highest BCUT2D eigenvalue weighted by atomic mass is 19.1. The summed E-state index contributed by atoms with van der Waals surface area (Å²) < 4.78 is 46.4. The number of hydrogen-bond acceptors (Lipinski definition) is 8. The van der Waals surface area contributed by atoms with E-state index in [0.717, 1.165) is 5.56 Å². The first-order valence-corrected chi connectivity index (χ1v) is 10.9. The fourth-order valence-corrected chi connectivity index (χ4v) is 4.16. The van der Waals surface area contributed by atoms with Gasteiger partial charge in [-0.1, -0.05) is 0 Å². The molecular weight excluding hydrogens is 456 g/mol. The van der Waals surface area contributed by atoms with Gasteiger partial charge in [0.15, 0.2) is 34.8 Å². The molecule has 5 rings (SSSR count). The molecule has 4 heterocycles. The van der Waals surface area contributed by atoms with Crippen LogP contribution in [0.4, 0.5) is 14.6 Å². The molecular formula is C25H23F2N5O3. The Kier molecular flexibility index (Phi) is 5.68. The molecule has 4 aromatic rings. The van der Waals surface area contributed by atoms with Crippen molar-refractivity contribution >= 4 is 16.7 Å². The van der Waals surface area contributed by atoms with Gasteiger partial charge in [-0.05, 0) is 25.1 Å². The lowest BCUT2D eigenvalue weighted by Gasteiger charge is -2.47. The van der Waals surface area contributed by atoms with Crippen LogP contribution in [-0.4, -0.2) is 60.0 Å². The minimum atomic E-state index is -0.873. The lowest BCUT2D eigenvalue weighted by atomic mass is 9.96. The Labute approximate surface area is 200 Å². The number of aromatic nitrogens is 4. The Hall–Kier alpha value is -3.92. The number of rotatable bonds is 6. The number of methoxy groups -OCH3 is 3. The number of nitrogens with zero attached hydrogens (tertiary/aromatic N) is 5. The Bertz CT molecular complexity index is 1380. The summed E-state index contributed by atoms with van der Waals surface area (Å²) in [6.07, 6.45) is 4.95. The zero-order chi connectivity index (χ0) is 24.7. The Morgan fingerprint density at radius 2 is 1.69 bits per heavy atom. The van der Waals surface area contributed by atoms with E-state index in [2.05, 4.69) is 15.0 Å². The summed E-state index contributed by atoms with van der Waals surface area (Å²) in [5.74, 6) is -1.11. The van der Waals surface area contributed by atoms with Crippen LogP contribution in [0.5, 0.6) is 11.5 Å². The van der Waals surface area contributed by atoms with Gasteiger partial charge in [0.2, 0.25) is 0 Å². The second-order valence-corrected chi connectivity index (χ2v) is 8.50. The predicted molar refractivity (Wildman–Crippen MR) is 127 cm³/mol. The molecule has 0 saturated carbocycles. The monoisotopic (exact) mass is 479 g/mol. The van der Waals surface area contributed by atoms with Gasteiger partial charge in [0.1, 0.15) is 5.52 Å². The van der Waals surface area contributed by atoms with Crippen molar-refractivity contribution in [1.82, 2.24) is 19.9 Å². The predicted octanol–water partition coefficient (Wildman–Crippen LogP) is 4.27. The van der Waals surface area contributed by atoms with Crippen LogP contribution in [-0.2, 0) is 4.74 Å². The van der Waals surface area contributed by atoms with Crippen LogP contribution in [0.1, 0.15) is 6.92 Å². The number of benzene rings is 1. The van der Waals surface area contributed by atoms with Gasteiger partial charge in [0.05, 0.1) is 44.2 Å². The van der Waals surface area contributed by atoms with E-state index < -0.39 is 11.6 Å². The second-order valence-electron chi connectivity index (χ2n) is 8.50. The number of hydrogen-bond donors (Lipinski definition) is 0. The normalized spacial score (nSPS) is 14.6. The molecule has 3 aromatic heterocycles. The van der Waals surface area contributed by atoms with E-state index in [-0.39, 0.29) is 28.4 Å². The van der Waals surface area contributed by atoms with Crippen molar-refractivity contribution < 1.29 is 23.0 Å². The third-order valence-corrected chi connectivity index (χ3v) is 6.14. The lowest BCUT2D eigenvalue weighted by molar-refractivity contribution is -0.0170. The molecule has 0 unspecified atom stereocenters. The van der Waals surface area contributed by atoms with Gasteiger partial charge in [-0.3, -0.25) is 4.98 Å². The van der Waals surface area contributed by atoms with Crippen molar-refractivity contribution in [2.75, 3.05) is 39.3 Å². The minimum absolute atomic E-state index is 0.0726. The summed E-state index contributed by atoms with van der Waals surface area (Å²) in [6.45, 7) is 3.05. The third kappa shape index (κ3) is 3.89. The molecule has 0 N–H and O–H groups in total. The zero-order valence-electron chi connectivity index (χ0n) is 19.7. The molecule has 0 atom stereocenters. The number of anilines is 1. The maximum Gasteiger partial charge on any atom is 0.177 e. The van der Waals surface area contributed by atoms with Crippen LogP contribution in [0.25, 0.3) is 33.5 Å². The van der Waals surface area contributed by atoms with Gasteiger partial charge in [-0.25, -0.2) is 23.7 Å². The molecule has 1 saturated heterocycles. The zero-order valence-corrected chi connectivity index (χ0v) is 19.7. The molecule has 0 spiro atoms. The number of halogens is 2. The quantitative estimate of drug-likeness (QED) is 0.406. The van der Waals surface area contributed by atoms with Crippen LogP contribution >= 0.6 is 0 Å². The molecule has 1 aromatic carbocycles. The number of ether oxygens (including phenoxy) is 3. The molecule has 0 radical (unpaired) electrons. The van der Waals surface area contributed by atoms with Crippen molar-refractivity contribution in [3.63, 3.8) is 0 Å². The fraction of sp³-hybridized carbons (Fsp3) is 0.280. The highest BCUT2D eigenvalue weighted by molar-refractivity contribution is 5.93. The van der Waals surface area contributed by atoms with Crippen LogP contribution in [0.3, 0.4) is 0 Å². The van der Waals surface area contributed by atoms with Gasteiger partial charge < -0.3 is 19.1 Å². The van der Waals surface area contributed by atoms with E-state index in [1.807, 2.05) is 17.9 Å². The molecule has 0 amide bonds. The fourth-order valence-electron chi connectivity index (χ4n) is 4.16. The summed E-state index contributed by atoms with van der Waals surface area (Å²) in [4.78, 5) is 20.0. The van der Waals surface area contributed by atoms with Crippen molar-refractivity contribution in [3.8, 4) is 34.1 Å². The Balaban J connectivity index is 1.73. The van der Waals surface area contributed by atoms with Gasteiger partial charge in [0.25, 0.3) is 0 Å². The molecule has 35 heavy (non-hydrogen) atoms. The molecule has 180 valence electrons. The van der Waals surface area contributed by atoms with Gasteiger partial charge in [0, 0.05) is 42.7 Å². The SMILES string of the molecule is COc1cc(OC)c(F)c(-c2cc3cnc(-c4cccnc4)nc3c(N3CC(C)(OC)C3)n2)c1F. The molecule has 1 aliphatic rings. The average molecular weight is 479 g/mol. The van der Waals surface area contributed by atoms with E-state index in [9.17, 15) is 0 Å². The topological polar surface area (TPSA) is 82.5 Å². The van der Waals surface area contributed by atoms with E-state index in [0.29, 0.717) is 35.6 Å². The summed E-state index contributed by atoms with van der Waals surface area (Å²) in [7, 11) is 4.26. The van der Waals surface area contributed by atoms with E-state index in [1.165, 1.54) is 20.3 Å². The lowest BCUT2D eigenvalue weighted by Crippen LogP contribution is -2.61. The number of fused-ring (bicyclic) bond motifs is 1. The summed E-state index contributed by atoms with van der Waals surface area (Å²) in [5, 5.41) is 0.573. The van der Waals surface area contributed by atoms with Crippen molar-refractivity contribution in [3.05, 3.63) is 54.5 Å². The van der Waals surface area contributed by atoms with Crippen LogP contribution in [0, 0.1) is 11.6 Å². The highest BCUT2D eigenvalue weighted by Crippen LogP contribution is 2.40. The van der Waals surface area contributed by atoms with Gasteiger partial charge in [-0.15, -0.1) is 0 Å². The van der Waals surface area contributed by atoms with E-state index >= 15 is 8.78 Å². The molecule has 0 bridgehead atoms. The molecule has 10 heteroatoms. The van der Waals surface area contributed by atoms with E-state index in [4.69, 9.17) is 19.2 Å². The molecule has 1 fully saturated rings. The Morgan fingerprint density at radius 3 is 2.29 bits per heavy atom. The van der Waals surface area contributed by atoms with Gasteiger partial charge >= 0.3 is 0 Å². The average Bonchev–Trinajstić information content (AvgIpc) is 2.87. The molecule has 0 aliphatic carbocycles. The first-order chi connectivity index (χ1) is 16.9. The molecule has 1 aliphatic heterocycles.